The van der Waals surface area contributed by atoms with Gasteiger partial charge in [-0.2, -0.15) is 0 Å². The fourth-order valence-corrected chi connectivity index (χ4v) is 2.00. The number of methoxy groups -OCH3 is 1. The molecule has 0 aromatic heterocycles. The predicted molar refractivity (Wildman–Crippen MR) is 89.6 cm³/mol. The number of rotatable bonds is 8. The van der Waals surface area contributed by atoms with Crippen LogP contribution < -0.4 is 4.74 Å². The van der Waals surface area contributed by atoms with E-state index in [0.717, 1.165) is 12.8 Å². The Morgan fingerprint density at radius 2 is 1.95 bits per heavy atom. The molecule has 0 radical (unpaired) electrons. The van der Waals surface area contributed by atoms with Crippen LogP contribution in [-0.2, 0) is 4.74 Å². The van der Waals surface area contributed by atoms with E-state index in [2.05, 4.69) is 18.6 Å². The van der Waals surface area contributed by atoms with Gasteiger partial charge in [-0.25, -0.2) is 4.79 Å². The molecule has 0 aliphatic rings. The molecule has 1 unspecified atom stereocenters. The van der Waals surface area contributed by atoms with Crippen molar-refractivity contribution in [2.75, 3.05) is 13.7 Å². The SMILES string of the molecule is CC.CCCCC(CC)COc1ccc(C(=O)OC)c(O)c1. The van der Waals surface area contributed by atoms with Gasteiger partial charge in [-0.3, -0.25) is 0 Å². The highest BCUT2D eigenvalue weighted by Gasteiger charge is 2.13. The molecule has 1 aromatic rings. The van der Waals surface area contributed by atoms with Gasteiger partial charge in [0.2, 0.25) is 0 Å². The molecule has 4 heteroatoms. The lowest BCUT2D eigenvalue weighted by atomic mass is 10.0. The molecule has 0 aliphatic heterocycles. The lowest BCUT2D eigenvalue weighted by Crippen LogP contribution is -2.11. The van der Waals surface area contributed by atoms with Crippen LogP contribution in [0.4, 0.5) is 0 Å². The average molecular weight is 310 g/mol. The Kier molecular flexibility index (Phi) is 11.0. The Bertz CT molecular complexity index is 429. The van der Waals surface area contributed by atoms with Crippen molar-refractivity contribution >= 4 is 5.97 Å². The number of carbonyl (C=O) groups is 1. The molecule has 4 nitrogen and oxygen atoms in total. The van der Waals surface area contributed by atoms with Gasteiger partial charge in [-0.05, 0) is 24.5 Å². The molecule has 0 fully saturated rings. The first-order valence-corrected chi connectivity index (χ1v) is 8.16. The molecular weight excluding hydrogens is 280 g/mol. The number of benzene rings is 1. The molecule has 126 valence electrons. The maximum absolute atomic E-state index is 11.4. The number of unbranched alkanes of at least 4 members (excludes halogenated alkanes) is 1. The summed E-state index contributed by atoms with van der Waals surface area (Å²) in [6.07, 6.45) is 4.62. The number of aromatic hydroxyl groups is 1. The lowest BCUT2D eigenvalue weighted by Gasteiger charge is -2.16. The van der Waals surface area contributed by atoms with Gasteiger partial charge >= 0.3 is 5.97 Å². The van der Waals surface area contributed by atoms with Crippen molar-refractivity contribution in [3.05, 3.63) is 23.8 Å². The van der Waals surface area contributed by atoms with E-state index >= 15 is 0 Å². The quantitative estimate of drug-likeness (QED) is 0.701. The van der Waals surface area contributed by atoms with Gasteiger partial charge < -0.3 is 14.6 Å². The third-order valence-electron chi connectivity index (χ3n) is 3.40. The summed E-state index contributed by atoms with van der Waals surface area (Å²) in [7, 11) is 1.28. The number of phenolic OH excluding ortho intramolecular Hbond substituents is 1. The van der Waals surface area contributed by atoms with E-state index < -0.39 is 5.97 Å². The van der Waals surface area contributed by atoms with E-state index in [1.54, 1.807) is 6.07 Å². The minimum absolute atomic E-state index is 0.115. The van der Waals surface area contributed by atoms with Gasteiger partial charge in [-0.1, -0.05) is 47.0 Å². The van der Waals surface area contributed by atoms with Crippen molar-refractivity contribution in [2.45, 2.75) is 53.4 Å². The zero-order valence-electron chi connectivity index (χ0n) is 14.5. The van der Waals surface area contributed by atoms with E-state index in [0.29, 0.717) is 18.3 Å². The summed E-state index contributed by atoms with van der Waals surface area (Å²) in [5.74, 6) is 0.432. The molecule has 0 bridgehead atoms. The minimum Gasteiger partial charge on any atom is -0.507 e. The molecule has 0 spiro atoms. The Hall–Kier alpha value is -1.71. The normalized spacial score (nSPS) is 11.1. The molecule has 0 heterocycles. The van der Waals surface area contributed by atoms with E-state index in [9.17, 15) is 9.90 Å². The fraction of sp³-hybridized carbons (Fsp3) is 0.611. The van der Waals surface area contributed by atoms with E-state index in [1.807, 2.05) is 13.8 Å². The van der Waals surface area contributed by atoms with Gasteiger partial charge in [0.15, 0.2) is 0 Å². The van der Waals surface area contributed by atoms with Gasteiger partial charge in [0.25, 0.3) is 0 Å². The largest absolute Gasteiger partial charge is 0.507 e. The molecule has 1 aromatic carbocycles. The average Bonchev–Trinajstić information content (AvgIpc) is 2.56. The van der Waals surface area contributed by atoms with E-state index in [4.69, 9.17) is 4.74 Å². The van der Waals surface area contributed by atoms with E-state index in [1.165, 1.54) is 32.1 Å². The second kappa shape index (κ2) is 11.9. The Morgan fingerprint density at radius 1 is 1.27 bits per heavy atom. The van der Waals surface area contributed by atoms with Crippen molar-refractivity contribution in [1.82, 2.24) is 0 Å². The summed E-state index contributed by atoms with van der Waals surface area (Å²) in [6, 6.07) is 4.65. The first-order valence-electron chi connectivity index (χ1n) is 8.16. The maximum atomic E-state index is 11.4. The van der Waals surface area contributed by atoms with Crippen LogP contribution >= 0.6 is 0 Å². The molecule has 0 saturated carbocycles. The first kappa shape index (κ1) is 20.3. The van der Waals surface area contributed by atoms with Crippen LogP contribution in [0.15, 0.2) is 18.2 Å². The Morgan fingerprint density at radius 3 is 2.45 bits per heavy atom. The topological polar surface area (TPSA) is 55.8 Å². The summed E-state index contributed by atoms with van der Waals surface area (Å²) < 4.78 is 10.3. The monoisotopic (exact) mass is 310 g/mol. The van der Waals surface area contributed by atoms with Crippen molar-refractivity contribution < 1.29 is 19.4 Å². The number of hydrogen-bond acceptors (Lipinski definition) is 4. The highest BCUT2D eigenvalue weighted by molar-refractivity contribution is 5.92. The number of hydrogen-bond donors (Lipinski definition) is 1. The van der Waals surface area contributed by atoms with Crippen molar-refractivity contribution in [2.24, 2.45) is 5.92 Å². The van der Waals surface area contributed by atoms with Crippen LogP contribution in [-0.4, -0.2) is 24.8 Å². The van der Waals surface area contributed by atoms with Crippen LogP contribution in [0.2, 0.25) is 0 Å². The van der Waals surface area contributed by atoms with Crippen LogP contribution in [0.25, 0.3) is 0 Å². The summed E-state index contributed by atoms with van der Waals surface area (Å²) >= 11 is 0. The van der Waals surface area contributed by atoms with Gasteiger partial charge in [0, 0.05) is 6.07 Å². The molecule has 0 aliphatic carbocycles. The van der Waals surface area contributed by atoms with Crippen LogP contribution in [0, 0.1) is 5.92 Å². The van der Waals surface area contributed by atoms with Gasteiger partial charge in [-0.15, -0.1) is 0 Å². The third kappa shape index (κ3) is 6.83. The van der Waals surface area contributed by atoms with E-state index in [-0.39, 0.29) is 11.3 Å². The second-order valence-corrected chi connectivity index (χ2v) is 4.90. The molecule has 0 saturated heterocycles. The van der Waals surface area contributed by atoms with Crippen molar-refractivity contribution in [1.29, 1.82) is 0 Å². The predicted octanol–water partition coefficient (Wildman–Crippen LogP) is 4.80. The van der Waals surface area contributed by atoms with Crippen molar-refractivity contribution in [3.63, 3.8) is 0 Å². The molecule has 0 amide bonds. The second-order valence-electron chi connectivity index (χ2n) is 4.90. The molecule has 1 N–H and O–H groups in total. The fourth-order valence-electron chi connectivity index (χ4n) is 2.00. The van der Waals surface area contributed by atoms with Crippen LogP contribution in [0.1, 0.15) is 63.7 Å². The number of phenols is 1. The lowest BCUT2D eigenvalue weighted by molar-refractivity contribution is 0.0597. The third-order valence-corrected chi connectivity index (χ3v) is 3.40. The number of esters is 1. The molecule has 22 heavy (non-hydrogen) atoms. The standard InChI is InChI=1S/C16H24O4.C2H6/c1-4-6-7-12(5-2)11-20-13-8-9-14(15(17)10-13)16(18)19-3;1-2/h8-10,12,17H,4-7,11H2,1-3H3;1-2H3. The Labute approximate surface area is 134 Å². The highest BCUT2D eigenvalue weighted by atomic mass is 16.5. The van der Waals surface area contributed by atoms with Crippen LogP contribution in [0.5, 0.6) is 11.5 Å². The van der Waals surface area contributed by atoms with Crippen molar-refractivity contribution in [3.8, 4) is 11.5 Å². The highest BCUT2D eigenvalue weighted by Crippen LogP contribution is 2.25. The molecule has 1 atom stereocenters. The maximum Gasteiger partial charge on any atom is 0.341 e. The Balaban J connectivity index is 0.00000211. The van der Waals surface area contributed by atoms with Gasteiger partial charge in [0.1, 0.15) is 17.1 Å². The molecule has 1 rings (SSSR count). The number of carbonyl (C=O) groups excluding carboxylic acids is 1. The number of ether oxygens (including phenoxy) is 2. The zero-order chi connectivity index (χ0) is 17.0. The first-order chi connectivity index (χ1) is 10.6. The minimum atomic E-state index is -0.552. The zero-order valence-corrected chi connectivity index (χ0v) is 14.5. The van der Waals surface area contributed by atoms with Crippen LogP contribution in [0.3, 0.4) is 0 Å². The summed E-state index contributed by atoms with van der Waals surface area (Å²) in [5, 5.41) is 9.78. The summed E-state index contributed by atoms with van der Waals surface area (Å²) in [6.45, 7) is 8.96. The summed E-state index contributed by atoms with van der Waals surface area (Å²) in [5.41, 5.74) is 0.151. The molecular formula is C18H30O4. The van der Waals surface area contributed by atoms with Gasteiger partial charge in [0.05, 0.1) is 13.7 Å². The summed E-state index contributed by atoms with van der Waals surface area (Å²) in [4.78, 5) is 11.4. The smallest absolute Gasteiger partial charge is 0.341 e.